The van der Waals surface area contributed by atoms with Crippen molar-refractivity contribution in [2.75, 3.05) is 18.5 Å². The lowest BCUT2D eigenvalue weighted by Gasteiger charge is -2.12. The summed E-state index contributed by atoms with van der Waals surface area (Å²) in [7, 11) is 0. The fraction of sp³-hybridized carbons (Fsp3) is 0.143. The highest BCUT2D eigenvalue weighted by Crippen LogP contribution is 2.32. The molecule has 2 aromatic carbocycles. The molecule has 3 amide bonds. The number of nitrogens with zero attached hydrogens (tertiary/aromatic N) is 2. The van der Waals surface area contributed by atoms with E-state index in [4.69, 9.17) is 10.00 Å². The van der Waals surface area contributed by atoms with E-state index in [-0.39, 0.29) is 18.1 Å². The third-order valence-corrected chi connectivity index (χ3v) is 4.90. The van der Waals surface area contributed by atoms with Crippen LogP contribution < -0.4 is 10.1 Å². The monoisotopic (exact) mass is 407 g/mol. The molecule has 8 heteroatoms. The van der Waals surface area contributed by atoms with E-state index in [1.54, 1.807) is 42.5 Å². The van der Waals surface area contributed by atoms with Gasteiger partial charge in [-0.15, -0.1) is 0 Å². The van der Waals surface area contributed by atoms with Gasteiger partial charge in [0.15, 0.2) is 6.61 Å². The molecule has 0 atom stereocenters. The number of hydrogen-bond donors (Lipinski definition) is 1. The number of nitrogens with one attached hydrogen (secondary N) is 1. The van der Waals surface area contributed by atoms with Gasteiger partial charge in [-0.1, -0.05) is 29.8 Å². The summed E-state index contributed by atoms with van der Waals surface area (Å²) in [5, 5.41) is 10.7. The van der Waals surface area contributed by atoms with Crippen molar-refractivity contribution >= 4 is 40.6 Å². The Kier molecular flexibility index (Phi) is 6.32. The Hall–Kier alpha value is -3.57. The van der Waals surface area contributed by atoms with Crippen LogP contribution in [0.5, 0.6) is 5.75 Å². The van der Waals surface area contributed by atoms with Gasteiger partial charge in [0.1, 0.15) is 18.4 Å². The number of thioether (sulfide) groups is 1. The standard InChI is InChI=1S/C21H17N3O4S/c1-14-2-6-16(7-3-14)23-19(25)13-24-20(26)18(29-21(24)27)12-15-4-8-17(9-5-15)28-11-10-22/h2-9,12H,11,13H2,1H3,(H,23,25)/b18-12-. The molecular formula is C21H17N3O4S. The van der Waals surface area contributed by atoms with Gasteiger partial charge >= 0.3 is 0 Å². The average molecular weight is 407 g/mol. The lowest BCUT2D eigenvalue weighted by molar-refractivity contribution is -0.127. The number of rotatable bonds is 6. The van der Waals surface area contributed by atoms with E-state index >= 15 is 0 Å². The molecule has 1 aliphatic heterocycles. The Morgan fingerprint density at radius 2 is 1.86 bits per heavy atom. The largest absolute Gasteiger partial charge is 0.479 e. The van der Waals surface area contributed by atoms with Crippen LogP contribution >= 0.6 is 11.8 Å². The minimum Gasteiger partial charge on any atom is -0.479 e. The molecule has 1 heterocycles. The van der Waals surface area contributed by atoms with Crippen LogP contribution in [0.1, 0.15) is 11.1 Å². The maximum Gasteiger partial charge on any atom is 0.294 e. The first-order valence-corrected chi connectivity index (χ1v) is 9.49. The van der Waals surface area contributed by atoms with E-state index in [0.29, 0.717) is 17.0 Å². The number of benzene rings is 2. The van der Waals surface area contributed by atoms with Gasteiger partial charge in [-0.25, -0.2) is 0 Å². The van der Waals surface area contributed by atoms with Gasteiger partial charge in [0.2, 0.25) is 5.91 Å². The highest BCUT2D eigenvalue weighted by Gasteiger charge is 2.36. The number of carbonyl (C=O) groups is 3. The molecular weight excluding hydrogens is 390 g/mol. The third-order valence-electron chi connectivity index (χ3n) is 3.99. The van der Waals surface area contributed by atoms with Crippen LogP contribution in [0, 0.1) is 18.3 Å². The first-order valence-electron chi connectivity index (χ1n) is 8.68. The van der Waals surface area contributed by atoms with Crippen molar-refractivity contribution < 1.29 is 19.1 Å². The van der Waals surface area contributed by atoms with E-state index in [1.165, 1.54) is 0 Å². The zero-order chi connectivity index (χ0) is 20.8. The maximum absolute atomic E-state index is 12.5. The molecule has 146 valence electrons. The second-order valence-corrected chi connectivity index (χ2v) is 7.19. The normalized spacial score (nSPS) is 14.8. The van der Waals surface area contributed by atoms with Crippen LogP contribution in [0.4, 0.5) is 10.5 Å². The van der Waals surface area contributed by atoms with Crippen LogP contribution in [0.2, 0.25) is 0 Å². The van der Waals surface area contributed by atoms with Crippen LogP contribution in [0.25, 0.3) is 6.08 Å². The molecule has 0 aliphatic carbocycles. The zero-order valence-electron chi connectivity index (χ0n) is 15.5. The van der Waals surface area contributed by atoms with Crippen molar-refractivity contribution in [2.24, 2.45) is 0 Å². The molecule has 7 nitrogen and oxygen atoms in total. The summed E-state index contributed by atoms with van der Waals surface area (Å²) in [5.41, 5.74) is 2.36. The highest BCUT2D eigenvalue weighted by atomic mass is 32.2. The maximum atomic E-state index is 12.5. The molecule has 0 saturated carbocycles. The van der Waals surface area contributed by atoms with Gasteiger partial charge in [-0.05, 0) is 54.6 Å². The van der Waals surface area contributed by atoms with Crippen LogP contribution in [0.3, 0.4) is 0 Å². The Bertz CT molecular complexity index is 1010. The predicted molar refractivity (Wildman–Crippen MR) is 110 cm³/mol. The molecule has 29 heavy (non-hydrogen) atoms. The number of aryl methyl sites for hydroxylation is 1. The summed E-state index contributed by atoms with van der Waals surface area (Å²) in [6.45, 7) is 1.53. The van der Waals surface area contributed by atoms with Crippen LogP contribution in [-0.4, -0.2) is 35.1 Å². The van der Waals surface area contributed by atoms with Crippen molar-refractivity contribution in [3.63, 3.8) is 0 Å². The van der Waals surface area contributed by atoms with Crippen molar-refractivity contribution in [3.05, 3.63) is 64.6 Å². The molecule has 0 radical (unpaired) electrons. The lowest BCUT2D eigenvalue weighted by Crippen LogP contribution is -2.36. The second-order valence-electron chi connectivity index (χ2n) is 6.20. The smallest absolute Gasteiger partial charge is 0.294 e. The molecule has 3 rings (SSSR count). The Morgan fingerprint density at radius 3 is 2.52 bits per heavy atom. The molecule has 0 spiro atoms. The van der Waals surface area contributed by atoms with Gasteiger partial charge in [-0.3, -0.25) is 19.3 Å². The molecule has 1 aliphatic rings. The molecule has 0 aromatic heterocycles. The predicted octanol–water partition coefficient (Wildman–Crippen LogP) is 3.57. The number of anilines is 1. The summed E-state index contributed by atoms with van der Waals surface area (Å²) in [5.74, 6) is -0.426. The first-order chi connectivity index (χ1) is 14.0. The van der Waals surface area contributed by atoms with Crippen molar-refractivity contribution in [1.82, 2.24) is 4.90 Å². The summed E-state index contributed by atoms with van der Waals surface area (Å²) in [6.07, 6.45) is 1.58. The zero-order valence-corrected chi connectivity index (χ0v) is 16.4. The quantitative estimate of drug-likeness (QED) is 0.735. The fourth-order valence-corrected chi connectivity index (χ4v) is 3.38. The lowest BCUT2D eigenvalue weighted by atomic mass is 10.2. The third kappa shape index (κ3) is 5.24. The van der Waals surface area contributed by atoms with E-state index in [0.717, 1.165) is 22.2 Å². The minimum absolute atomic E-state index is 0.0527. The summed E-state index contributed by atoms with van der Waals surface area (Å²) < 4.78 is 5.17. The van der Waals surface area contributed by atoms with E-state index in [1.807, 2.05) is 25.1 Å². The van der Waals surface area contributed by atoms with Crippen LogP contribution in [-0.2, 0) is 9.59 Å². The fourth-order valence-electron chi connectivity index (χ4n) is 2.54. The molecule has 0 unspecified atom stereocenters. The Balaban J connectivity index is 1.64. The van der Waals surface area contributed by atoms with Gasteiger partial charge in [0.25, 0.3) is 11.1 Å². The van der Waals surface area contributed by atoms with Gasteiger partial charge in [0, 0.05) is 5.69 Å². The number of nitriles is 1. The van der Waals surface area contributed by atoms with E-state index in [9.17, 15) is 14.4 Å². The Labute approximate surface area is 172 Å². The molecule has 0 bridgehead atoms. The number of carbonyl (C=O) groups excluding carboxylic acids is 3. The van der Waals surface area contributed by atoms with Gasteiger partial charge in [0.05, 0.1) is 4.91 Å². The molecule has 1 N–H and O–H groups in total. The van der Waals surface area contributed by atoms with E-state index in [2.05, 4.69) is 5.32 Å². The summed E-state index contributed by atoms with van der Waals surface area (Å²) in [4.78, 5) is 38.1. The first kappa shape index (κ1) is 20.2. The van der Waals surface area contributed by atoms with Gasteiger partial charge < -0.3 is 10.1 Å². The highest BCUT2D eigenvalue weighted by molar-refractivity contribution is 8.18. The number of hydrogen-bond acceptors (Lipinski definition) is 6. The number of amides is 3. The summed E-state index contributed by atoms with van der Waals surface area (Å²) >= 11 is 0.789. The van der Waals surface area contributed by atoms with E-state index < -0.39 is 17.1 Å². The number of imide groups is 1. The van der Waals surface area contributed by atoms with Crippen molar-refractivity contribution in [2.45, 2.75) is 6.92 Å². The summed E-state index contributed by atoms with van der Waals surface area (Å²) in [6, 6.07) is 15.9. The van der Waals surface area contributed by atoms with Gasteiger partial charge in [-0.2, -0.15) is 5.26 Å². The molecule has 2 aromatic rings. The van der Waals surface area contributed by atoms with Crippen molar-refractivity contribution in [1.29, 1.82) is 5.26 Å². The topological polar surface area (TPSA) is 99.5 Å². The molecule has 1 fully saturated rings. The average Bonchev–Trinajstić information content (AvgIpc) is 2.96. The van der Waals surface area contributed by atoms with Crippen molar-refractivity contribution in [3.8, 4) is 11.8 Å². The SMILES string of the molecule is Cc1ccc(NC(=O)CN2C(=O)S/C(=C\c3ccc(OCC#N)cc3)C2=O)cc1. The minimum atomic E-state index is -0.510. The Morgan fingerprint density at radius 1 is 1.17 bits per heavy atom. The molecule has 1 saturated heterocycles. The second kappa shape index (κ2) is 9.08. The van der Waals surface area contributed by atoms with Crippen LogP contribution in [0.15, 0.2) is 53.4 Å². The number of ether oxygens (including phenoxy) is 1.